The Kier molecular flexibility index (Phi) is 1.66. The lowest BCUT2D eigenvalue weighted by Crippen LogP contribution is -2.12. The SMILES string of the molecule is CC1(Br)C=CC(O)=CC1. The average Bonchev–Trinajstić information content (AvgIpc) is 1.78. The molecule has 0 aromatic heterocycles. The predicted octanol–water partition coefficient (Wildman–Crippen LogP) is 2.54. The van der Waals surface area contributed by atoms with Crippen molar-refractivity contribution in [2.75, 3.05) is 0 Å². The molecule has 2 heteroatoms. The van der Waals surface area contributed by atoms with E-state index < -0.39 is 0 Å². The highest BCUT2D eigenvalue weighted by Gasteiger charge is 2.17. The first-order valence-corrected chi connectivity index (χ1v) is 3.67. The smallest absolute Gasteiger partial charge is 0.111 e. The number of hydrogen-bond donors (Lipinski definition) is 1. The van der Waals surface area contributed by atoms with E-state index in [4.69, 9.17) is 5.11 Å². The van der Waals surface area contributed by atoms with Gasteiger partial charge in [-0.05, 0) is 25.5 Å². The van der Waals surface area contributed by atoms with Gasteiger partial charge < -0.3 is 5.11 Å². The Morgan fingerprint density at radius 2 is 2.44 bits per heavy atom. The van der Waals surface area contributed by atoms with E-state index in [9.17, 15) is 0 Å². The Bertz CT molecular complexity index is 168. The van der Waals surface area contributed by atoms with Gasteiger partial charge in [-0.25, -0.2) is 0 Å². The molecular formula is C7H9BrO. The van der Waals surface area contributed by atoms with Crippen LogP contribution in [0.4, 0.5) is 0 Å². The first-order valence-electron chi connectivity index (χ1n) is 2.87. The lowest BCUT2D eigenvalue weighted by molar-refractivity contribution is 0.424. The Hall–Kier alpha value is -0.240. The normalized spacial score (nSPS) is 34.2. The van der Waals surface area contributed by atoms with E-state index in [1.54, 1.807) is 12.2 Å². The zero-order valence-electron chi connectivity index (χ0n) is 5.26. The van der Waals surface area contributed by atoms with Crippen LogP contribution in [0.3, 0.4) is 0 Å². The van der Waals surface area contributed by atoms with Crippen molar-refractivity contribution < 1.29 is 5.11 Å². The molecule has 1 atom stereocenters. The van der Waals surface area contributed by atoms with E-state index >= 15 is 0 Å². The molecule has 0 aliphatic heterocycles. The predicted molar refractivity (Wildman–Crippen MR) is 41.8 cm³/mol. The molecular weight excluding hydrogens is 180 g/mol. The van der Waals surface area contributed by atoms with Gasteiger partial charge in [0.1, 0.15) is 5.76 Å². The number of rotatable bonds is 0. The first kappa shape index (κ1) is 6.87. The van der Waals surface area contributed by atoms with Gasteiger partial charge in [-0.3, -0.25) is 0 Å². The summed E-state index contributed by atoms with van der Waals surface area (Å²) in [5.74, 6) is 0.368. The molecule has 0 radical (unpaired) electrons. The van der Waals surface area contributed by atoms with E-state index in [0.29, 0.717) is 5.76 Å². The summed E-state index contributed by atoms with van der Waals surface area (Å²) in [6.07, 6.45) is 6.31. The van der Waals surface area contributed by atoms with Crippen molar-refractivity contribution in [1.82, 2.24) is 0 Å². The van der Waals surface area contributed by atoms with Crippen molar-refractivity contribution in [3.05, 3.63) is 24.0 Å². The van der Waals surface area contributed by atoms with E-state index in [0.717, 1.165) is 6.42 Å². The van der Waals surface area contributed by atoms with Crippen molar-refractivity contribution in [1.29, 1.82) is 0 Å². The summed E-state index contributed by atoms with van der Waals surface area (Å²) in [5, 5.41) is 8.89. The molecule has 0 heterocycles. The molecule has 50 valence electrons. The maximum Gasteiger partial charge on any atom is 0.111 e. The minimum absolute atomic E-state index is 0.0548. The van der Waals surface area contributed by atoms with Gasteiger partial charge in [-0.1, -0.05) is 22.0 Å². The quantitative estimate of drug-likeness (QED) is 0.580. The Balaban J connectivity index is 2.70. The first-order chi connectivity index (χ1) is 4.10. The van der Waals surface area contributed by atoms with Gasteiger partial charge >= 0.3 is 0 Å². The monoisotopic (exact) mass is 188 g/mol. The number of aliphatic hydroxyl groups excluding tert-OH is 1. The topological polar surface area (TPSA) is 20.2 Å². The van der Waals surface area contributed by atoms with Crippen molar-refractivity contribution in [3.63, 3.8) is 0 Å². The maximum absolute atomic E-state index is 8.89. The van der Waals surface area contributed by atoms with E-state index in [1.165, 1.54) is 0 Å². The molecule has 0 saturated carbocycles. The Labute approximate surface area is 63.2 Å². The molecule has 0 aromatic rings. The second kappa shape index (κ2) is 2.18. The van der Waals surface area contributed by atoms with Crippen LogP contribution < -0.4 is 0 Å². The zero-order chi connectivity index (χ0) is 6.91. The van der Waals surface area contributed by atoms with Crippen LogP contribution in [0.2, 0.25) is 0 Å². The van der Waals surface area contributed by atoms with Crippen LogP contribution in [-0.4, -0.2) is 9.43 Å². The van der Waals surface area contributed by atoms with Gasteiger partial charge in [0, 0.05) is 4.32 Å². The molecule has 1 nitrogen and oxygen atoms in total. The number of allylic oxidation sites excluding steroid dienone is 3. The highest BCUT2D eigenvalue weighted by molar-refractivity contribution is 9.10. The molecule has 1 rings (SSSR count). The zero-order valence-corrected chi connectivity index (χ0v) is 6.85. The number of halogens is 1. The van der Waals surface area contributed by atoms with Crippen LogP contribution in [0.5, 0.6) is 0 Å². The summed E-state index contributed by atoms with van der Waals surface area (Å²) in [7, 11) is 0. The molecule has 1 unspecified atom stereocenters. The highest BCUT2D eigenvalue weighted by Crippen LogP contribution is 2.27. The molecule has 0 saturated heterocycles. The molecule has 9 heavy (non-hydrogen) atoms. The molecule has 1 N–H and O–H groups in total. The molecule has 0 bridgehead atoms. The fourth-order valence-corrected chi connectivity index (χ4v) is 0.993. The molecule has 1 aliphatic rings. The minimum atomic E-state index is 0.0548. The van der Waals surface area contributed by atoms with Gasteiger partial charge in [0.15, 0.2) is 0 Å². The molecule has 0 aromatic carbocycles. The summed E-state index contributed by atoms with van der Waals surface area (Å²) in [6, 6.07) is 0. The molecule has 0 amide bonds. The maximum atomic E-state index is 8.89. The largest absolute Gasteiger partial charge is 0.508 e. The highest BCUT2D eigenvalue weighted by atomic mass is 79.9. The molecule has 0 fully saturated rings. The van der Waals surface area contributed by atoms with E-state index in [2.05, 4.69) is 22.9 Å². The third-order valence-electron chi connectivity index (χ3n) is 1.31. The number of alkyl halides is 1. The summed E-state index contributed by atoms with van der Waals surface area (Å²) in [6.45, 7) is 2.06. The van der Waals surface area contributed by atoms with Crippen LogP contribution >= 0.6 is 15.9 Å². The van der Waals surface area contributed by atoms with Crippen LogP contribution in [0.1, 0.15) is 13.3 Å². The van der Waals surface area contributed by atoms with Crippen LogP contribution in [0.15, 0.2) is 24.0 Å². The van der Waals surface area contributed by atoms with E-state index in [1.807, 2.05) is 6.08 Å². The summed E-state index contributed by atoms with van der Waals surface area (Å²) < 4.78 is 0.0548. The molecule has 1 aliphatic carbocycles. The van der Waals surface area contributed by atoms with Crippen molar-refractivity contribution in [2.24, 2.45) is 0 Å². The van der Waals surface area contributed by atoms with Gasteiger partial charge in [-0.15, -0.1) is 0 Å². The fourth-order valence-electron chi connectivity index (χ4n) is 0.699. The minimum Gasteiger partial charge on any atom is -0.508 e. The summed E-state index contributed by atoms with van der Waals surface area (Å²) in [4.78, 5) is 0. The van der Waals surface area contributed by atoms with Crippen LogP contribution in [-0.2, 0) is 0 Å². The van der Waals surface area contributed by atoms with Gasteiger partial charge in [-0.2, -0.15) is 0 Å². The summed E-state index contributed by atoms with van der Waals surface area (Å²) >= 11 is 3.48. The van der Waals surface area contributed by atoms with Crippen molar-refractivity contribution in [3.8, 4) is 0 Å². The van der Waals surface area contributed by atoms with Crippen molar-refractivity contribution in [2.45, 2.75) is 17.7 Å². The Morgan fingerprint density at radius 1 is 1.78 bits per heavy atom. The third kappa shape index (κ3) is 1.86. The fraction of sp³-hybridized carbons (Fsp3) is 0.429. The summed E-state index contributed by atoms with van der Waals surface area (Å²) in [5.41, 5.74) is 0. The number of aliphatic hydroxyl groups is 1. The van der Waals surface area contributed by atoms with Crippen molar-refractivity contribution >= 4 is 15.9 Å². The Morgan fingerprint density at radius 3 is 2.78 bits per heavy atom. The molecule has 0 spiro atoms. The second-order valence-electron chi connectivity index (χ2n) is 2.44. The van der Waals surface area contributed by atoms with Gasteiger partial charge in [0.25, 0.3) is 0 Å². The van der Waals surface area contributed by atoms with Crippen LogP contribution in [0.25, 0.3) is 0 Å². The second-order valence-corrected chi connectivity index (χ2v) is 4.26. The number of hydrogen-bond acceptors (Lipinski definition) is 1. The third-order valence-corrected chi connectivity index (χ3v) is 1.90. The van der Waals surface area contributed by atoms with E-state index in [-0.39, 0.29) is 4.32 Å². The van der Waals surface area contributed by atoms with Gasteiger partial charge in [0.2, 0.25) is 0 Å². The van der Waals surface area contributed by atoms with Crippen LogP contribution in [0, 0.1) is 0 Å². The lowest BCUT2D eigenvalue weighted by atomic mass is 10.0. The van der Waals surface area contributed by atoms with Gasteiger partial charge in [0.05, 0.1) is 0 Å². The average molecular weight is 189 g/mol. The lowest BCUT2D eigenvalue weighted by Gasteiger charge is -2.18. The standard InChI is InChI=1S/C7H9BrO/c1-7(8)4-2-6(9)3-5-7/h2-4,9H,5H2,1H3.